The zero-order valence-corrected chi connectivity index (χ0v) is 36.2. The van der Waals surface area contributed by atoms with Crippen molar-refractivity contribution < 1.29 is 28.6 Å². The Bertz CT molecular complexity index is 1380. The summed E-state index contributed by atoms with van der Waals surface area (Å²) in [4.78, 5) is 37.6. The molecule has 0 heterocycles. The second-order valence-electron chi connectivity index (χ2n) is 13.6. The van der Waals surface area contributed by atoms with Crippen molar-refractivity contribution in [2.75, 3.05) is 13.2 Å². The van der Waals surface area contributed by atoms with Crippen LogP contribution in [0.1, 0.15) is 143 Å². The minimum absolute atomic E-state index is 0.109. The van der Waals surface area contributed by atoms with Gasteiger partial charge in [0.05, 0.1) is 6.42 Å². The molecule has 1 atom stereocenters. The van der Waals surface area contributed by atoms with Gasteiger partial charge in [-0.25, -0.2) is 0 Å². The minimum Gasteiger partial charge on any atom is -0.462 e. The van der Waals surface area contributed by atoms with Crippen LogP contribution in [0.3, 0.4) is 0 Å². The highest BCUT2D eigenvalue weighted by molar-refractivity contribution is 5.72. The van der Waals surface area contributed by atoms with Gasteiger partial charge in [-0.1, -0.05) is 186 Å². The molecule has 0 saturated carbocycles. The predicted molar refractivity (Wildman–Crippen MR) is 246 cm³/mol. The summed E-state index contributed by atoms with van der Waals surface area (Å²) in [6.45, 7) is 6.03. The number of esters is 3. The standard InChI is InChI=1S/C52H76O6/c1-4-7-10-13-16-19-21-23-25-27-28-30-33-36-39-42-45-51(54)57-48-49(47-56-50(53)44-41-38-35-32-18-15-12-9-6-3)58-52(55)46-43-40-37-34-31-29-26-24-22-20-17-14-11-8-5-2/h7-12,14,16-20,22-26,28,30,32,36,38-39,41,49H,4-6,13,15,21,27,29,31,33-35,37,40,42-48H2,1-3H3/b10-7-,11-8-,12-9-,17-14-,19-16-,22-20-,25-23-,26-24-,30-28-,32-18-,39-36-,41-38-. The molecule has 0 bridgehead atoms. The van der Waals surface area contributed by atoms with Crippen molar-refractivity contribution in [3.63, 3.8) is 0 Å². The summed E-state index contributed by atoms with van der Waals surface area (Å²) in [7, 11) is 0. The predicted octanol–water partition coefficient (Wildman–Crippen LogP) is 14.1. The Morgan fingerprint density at radius 1 is 0.379 bits per heavy atom. The number of hydrogen-bond donors (Lipinski definition) is 0. The Morgan fingerprint density at radius 3 is 1.36 bits per heavy atom. The molecule has 0 aliphatic rings. The number of ether oxygens (including phenoxy) is 3. The molecule has 0 aliphatic carbocycles. The molecule has 0 fully saturated rings. The molecule has 0 aromatic heterocycles. The monoisotopic (exact) mass is 797 g/mol. The van der Waals surface area contributed by atoms with E-state index in [-0.39, 0.29) is 38.4 Å². The molecule has 0 aliphatic heterocycles. The molecule has 0 aromatic rings. The maximum absolute atomic E-state index is 12.7. The smallest absolute Gasteiger partial charge is 0.309 e. The Balaban J connectivity index is 4.63. The molecule has 0 rings (SSSR count). The fourth-order valence-corrected chi connectivity index (χ4v) is 5.03. The van der Waals surface area contributed by atoms with Crippen molar-refractivity contribution in [2.45, 2.75) is 149 Å². The van der Waals surface area contributed by atoms with Gasteiger partial charge in [-0.05, 0) is 83.5 Å². The molecule has 0 spiro atoms. The van der Waals surface area contributed by atoms with Gasteiger partial charge in [0.25, 0.3) is 0 Å². The van der Waals surface area contributed by atoms with E-state index >= 15 is 0 Å². The molecule has 58 heavy (non-hydrogen) atoms. The van der Waals surface area contributed by atoms with Gasteiger partial charge in [0, 0.05) is 12.8 Å². The van der Waals surface area contributed by atoms with Crippen LogP contribution in [0.25, 0.3) is 0 Å². The van der Waals surface area contributed by atoms with Gasteiger partial charge in [0.2, 0.25) is 0 Å². The lowest BCUT2D eigenvalue weighted by Gasteiger charge is -2.18. The van der Waals surface area contributed by atoms with E-state index in [2.05, 4.69) is 112 Å². The van der Waals surface area contributed by atoms with Gasteiger partial charge < -0.3 is 14.2 Å². The lowest BCUT2D eigenvalue weighted by Crippen LogP contribution is -2.30. The molecule has 0 N–H and O–H groups in total. The topological polar surface area (TPSA) is 78.9 Å². The van der Waals surface area contributed by atoms with Crippen LogP contribution in [0.5, 0.6) is 0 Å². The maximum Gasteiger partial charge on any atom is 0.309 e. The van der Waals surface area contributed by atoms with Gasteiger partial charge in [-0.15, -0.1) is 0 Å². The lowest BCUT2D eigenvalue weighted by molar-refractivity contribution is -0.166. The number of unbranched alkanes of at least 4 members (excludes halogenated alkanes) is 5. The first-order valence-electron chi connectivity index (χ1n) is 21.9. The zero-order valence-electron chi connectivity index (χ0n) is 36.2. The molecule has 6 nitrogen and oxygen atoms in total. The van der Waals surface area contributed by atoms with Gasteiger partial charge in [0.15, 0.2) is 6.10 Å². The van der Waals surface area contributed by atoms with Crippen molar-refractivity contribution in [3.8, 4) is 0 Å². The molecule has 0 radical (unpaired) electrons. The van der Waals surface area contributed by atoms with Crippen molar-refractivity contribution in [2.24, 2.45) is 0 Å². The summed E-state index contributed by atoms with van der Waals surface area (Å²) >= 11 is 0. The molecular formula is C52H76O6. The molecule has 0 amide bonds. The van der Waals surface area contributed by atoms with E-state index in [1.807, 2.05) is 48.6 Å². The highest BCUT2D eigenvalue weighted by Crippen LogP contribution is 2.10. The summed E-state index contributed by atoms with van der Waals surface area (Å²) < 4.78 is 16.5. The van der Waals surface area contributed by atoms with Gasteiger partial charge in [0.1, 0.15) is 13.2 Å². The second kappa shape index (κ2) is 45.0. The van der Waals surface area contributed by atoms with Crippen molar-refractivity contribution in [3.05, 3.63) is 146 Å². The van der Waals surface area contributed by atoms with E-state index in [1.54, 1.807) is 6.08 Å². The third kappa shape index (κ3) is 42.4. The average molecular weight is 797 g/mol. The highest BCUT2D eigenvalue weighted by atomic mass is 16.6. The number of carbonyl (C=O) groups is 3. The number of carbonyl (C=O) groups excluding carboxylic acids is 3. The molecular weight excluding hydrogens is 721 g/mol. The minimum atomic E-state index is -0.860. The number of allylic oxidation sites excluding steroid dienone is 23. The largest absolute Gasteiger partial charge is 0.462 e. The van der Waals surface area contributed by atoms with Crippen LogP contribution >= 0.6 is 0 Å². The van der Waals surface area contributed by atoms with E-state index in [0.717, 1.165) is 89.9 Å². The van der Waals surface area contributed by atoms with Crippen LogP contribution in [0, 0.1) is 0 Å². The molecule has 320 valence electrons. The quantitative estimate of drug-likeness (QED) is 0.0207. The van der Waals surface area contributed by atoms with Gasteiger partial charge in [-0.3, -0.25) is 14.4 Å². The van der Waals surface area contributed by atoms with Crippen molar-refractivity contribution >= 4 is 17.9 Å². The van der Waals surface area contributed by atoms with Crippen LogP contribution < -0.4 is 0 Å². The van der Waals surface area contributed by atoms with E-state index in [0.29, 0.717) is 12.8 Å². The second-order valence-corrected chi connectivity index (χ2v) is 13.6. The van der Waals surface area contributed by atoms with Crippen LogP contribution in [-0.4, -0.2) is 37.2 Å². The first-order chi connectivity index (χ1) is 28.5. The number of hydrogen-bond acceptors (Lipinski definition) is 6. The van der Waals surface area contributed by atoms with Crippen LogP contribution in [0.2, 0.25) is 0 Å². The number of rotatable bonds is 36. The van der Waals surface area contributed by atoms with Crippen LogP contribution in [0.15, 0.2) is 146 Å². The van der Waals surface area contributed by atoms with Gasteiger partial charge in [-0.2, -0.15) is 0 Å². The van der Waals surface area contributed by atoms with Crippen molar-refractivity contribution in [1.82, 2.24) is 0 Å². The van der Waals surface area contributed by atoms with Gasteiger partial charge >= 0.3 is 17.9 Å². The molecule has 6 heteroatoms. The zero-order chi connectivity index (χ0) is 42.3. The summed E-state index contributed by atoms with van der Waals surface area (Å²) in [5.74, 6) is -1.21. The highest BCUT2D eigenvalue weighted by Gasteiger charge is 2.19. The van der Waals surface area contributed by atoms with E-state index in [4.69, 9.17) is 14.2 Å². The third-order valence-electron chi connectivity index (χ3n) is 8.21. The summed E-state index contributed by atoms with van der Waals surface area (Å²) in [5.41, 5.74) is 0. The Hall–Kier alpha value is -4.71. The SMILES string of the molecule is CC\C=C/C=C\C=C/C=C\CCCCCCCC(=O)OC(COC(=O)C/C=C\C/C=C\C/C=C\CC)COC(=O)CC/C=C\C/C=C\C/C=C\C/C=C\C/C=C\CC. The molecule has 1 unspecified atom stereocenters. The average Bonchev–Trinajstić information content (AvgIpc) is 3.22. The normalized spacial score (nSPS) is 13.5. The Labute approximate surface area is 353 Å². The van der Waals surface area contributed by atoms with Crippen molar-refractivity contribution in [1.29, 1.82) is 0 Å². The first kappa shape index (κ1) is 53.3. The summed E-state index contributed by atoms with van der Waals surface area (Å²) in [6.07, 6.45) is 64.5. The lowest BCUT2D eigenvalue weighted by atomic mass is 10.1. The van der Waals surface area contributed by atoms with E-state index < -0.39 is 18.0 Å². The Kier molecular flexibility index (Phi) is 41.3. The summed E-state index contributed by atoms with van der Waals surface area (Å²) in [5, 5.41) is 0. The van der Waals surface area contributed by atoms with Crippen LogP contribution in [-0.2, 0) is 28.6 Å². The first-order valence-corrected chi connectivity index (χ1v) is 21.9. The fraction of sp³-hybridized carbons (Fsp3) is 0.481. The maximum atomic E-state index is 12.7. The summed E-state index contributed by atoms with van der Waals surface area (Å²) in [6, 6.07) is 0. The molecule has 0 aromatic carbocycles. The van der Waals surface area contributed by atoms with E-state index in [1.165, 1.54) is 0 Å². The molecule has 0 saturated heterocycles. The fourth-order valence-electron chi connectivity index (χ4n) is 5.03. The Morgan fingerprint density at radius 2 is 0.810 bits per heavy atom. The third-order valence-corrected chi connectivity index (χ3v) is 8.21. The van der Waals surface area contributed by atoms with E-state index in [9.17, 15) is 14.4 Å². The van der Waals surface area contributed by atoms with Crippen LogP contribution in [0.4, 0.5) is 0 Å².